The number of fused-ring (bicyclic) bond motifs is 1. The molecule has 0 amide bonds. The summed E-state index contributed by atoms with van der Waals surface area (Å²) in [7, 11) is 0. The molecule has 7 nitrogen and oxygen atoms in total. The van der Waals surface area contributed by atoms with Crippen molar-refractivity contribution in [2.24, 2.45) is 0 Å². The van der Waals surface area contributed by atoms with Gasteiger partial charge in [-0.05, 0) is 37.8 Å². The quantitative estimate of drug-likeness (QED) is 0.629. The Bertz CT molecular complexity index is 806. The lowest BCUT2D eigenvalue weighted by atomic mass is 10.1. The molecule has 0 aliphatic carbocycles. The highest BCUT2D eigenvalue weighted by Crippen LogP contribution is 2.40. The Hall–Kier alpha value is -2.51. The zero-order valence-corrected chi connectivity index (χ0v) is 13.9. The highest BCUT2D eigenvalue weighted by molar-refractivity contribution is 5.64. The minimum Gasteiger partial charge on any atom is -0.356 e. The summed E-state index contributed by atoms with van der Waals surface area (Å²) >= 11 is 0. The number of aromatic nitrogens is 3. The summed E-state index contributed by atoms with van der Waals surface area (Å²) in [6, 6.07) is 3.73. The van der Waals surface area contributed by atoms with Crippen LogP contribution in [0, 0.1) is 15.9 Å². The number of aryl methyl sites for hydroxylation is 1. The van der Waals surface area contributed by atoms with Crippen LogP contribution >= 0.6 is 0 Å². The summed E-state index contributed by atoms with van der Waals surface area (Å²) in [6.45, 7) is 1.59. The summed E-state index contributed by atoms with van der Waals surface area (Å²) in [6.07, 6.45) is 6.11. The van der Waals surface area contributed by atoms with Gasteiger partial charge in [0.25, 0.3) is 5.69 Å². The zero-order chi connectivity index (χ0) is 17.4. The van der Waals surface area contributed by atoms with Crippen LogP contribution in [0.2, 0.25) is 0 Å². The molecule has 1 atom stereocenters. The minimum absolute atomic E-state index is 0.0523. The predicted molar refractivity (Wildman–Crippen MR) is 90.0 cm³/mol. The van der Waals surface area contributed by atoms with Crippen LogP contribution < -0.4 is 4.90 Å². The van der Waals surface area contributed by atoms with E-state index in [0.29, 0.717) is 12.2 Å². The van der Waals surface area contributed by atoms with Crippen LogP contribution in [0.5, 0.6) is 0 Å². The molecular weight excluding hydrogens is 325 g/mol. The largest absolute Gasteiger partial charge is 0.356 e. The Kier molecular flexibility index (Phi) is 4.10. The fourth-order valence-electron chi connectivity index (χ4n) is 3.96. The molecule has 3 heterocycles. The second-order valence-electron chi connectivity index (χ2n) is 6.68. The van der Waals surface area contributed by atoms with Crippen molar-refractivity contribution >= 4 is 11.4 Å². The summed E-state index contributed by atoms with van der Waals surface area (Å²) in [5.41, 5.74) is 0.266. The molecule has 1 fully saturated rings. The van der Waals surface area contributed by atoms with Gasteiger partial charge in [-0.3, -0.25) is 10.1 Å². The van der Waals surface area contributed by atoms with Gasteiger partial charge in [-0.15, -0.1) is 10.2 Å². The van der Waals surface area contributed by atoms with Crippen molar-refractivity contribution in [1.29, 1.82) is 0 Å². The van der Waals surface area contributed by atoms with E-state index in [0.717, 1.165) is 56.4 Å². The van der Waals surface area contributed by atoms with Gasteiger partial charge in [0.05, 0.1) is 17.0 Å². The molecule has 0 N–H and O–H groups in total. The smallest absolute Gasteiger partial charge is 0.295 e. The van der Waals surface area contributed by atoms with Gasteiger partial charge in [-0.25, -0.2) is 4.39 Å². The maximum absolute atomic E-state index is 13.5. The molecule has 0 unspecified atom stereocenters. The number of anilines is 1. The van der Waals surface area contributed by atoms with E-state index in [-0.39, 0.29) is 11.7 Å². The molecule has 2 aliphatic rings. The first-order valence-corrected chi connectivity index (χ1v) is 8.77. The lowest BCUT2D eigenvalue weighted by Crippen LogP contribution is -2.26. The number of nitrogens with zero attached hydrogens (tertiary/aromatic N) is 5. The molecule has 0 radical (unpaired) electrons. The van der Waals surface area contributed by atoms with E-state index >= 15 is 0 Å². The Morgan fingerprint density at radius 2 is 2.04 bits per heavy atom. The fraction of sp³-hybridized carbons (Fsp3) is 0.529. The van der Waals surface area contributed by atoms with Gasteiger partial charge in [0, 0.05) is 19.5 Å². The number of rotatable bonds is 3. The number of halogens is 1. The highest BCUT2D eigenvalue weighted by Gasteiger charge is 2.34. The third kappa shape index (κ3) is 2.85. The third-order valence-electron chi connectivity index (χ3n) is 5.13. The van der Waals surface area contributed by atoms with Crippen LogP contribution in [-0.2, 0) is 13.0 Å². The van der Waals surface area contributed by atoms with E-state index in [9.17, 15) is 14.5 Å². The summed E-state index contributed by atoms with van der Waals surface area (Å²) in [5.74, 6) is 1.29. The first-order valence-electron chi connectivity index (χ1n) is 8.77. The van der Waals surface area contributed by atoms with Crippen molar-refractivity contribution < 1.29 is 9.31 Å². The van der Waals surface area contributed by atoms with Gasteiger partial charge in [-0.1, -0.05) is 6.42 Å². The van der Waals surface area contributed by atoms with Crippen molar-refractivity contribution in [1.82, 2.24) is 14.8 Å². The van der Waals surface area contributed by atoms with Crippen molar-refractivity contribution in [3.63, 3.8) is 0 Å². The Morgan fingerprint density at radius 1 is 1.16 bits per heavy atom. The number of nitro benzene ring substituents is 1. The van der Waals surface area contributed by atoms with E-state index < -0.39 is 10.7 Å². The van der Waals surface area contributed by atoms with Crippen LogP contribution in [-0.4, -0.2) is 26.2 Å². The summed E-state index contributed by atoms with van der Waals surface area (Å²) in [4.78, 5) is 12.9. The number of nitro groups is 1. The average Bonchev–Trinajstić information content (AvgIpc) is 3.15. The maximum atomic E-state index is 13.5. The van der Waals surface area contributed by atoms with Crippen LogP contribution in [0.3, 0.4) is 0 Å². The lowest BCUT2D eigenvalue weighted by molar-refractivity contribution is -0.384. The van der Waals surface area contributed by atoms with Crippen molar-refractivity contribution in [2.75, 3.05) is 11.4 Å². The molecule has 1 aromatic carbocycles. The van der Waals surface area contributed by atoms with Crippen LogP contribution in [0.4, 0.5) is 15.8 Å². The first-order chi connectivity index (χ1) is 12.1. The van der Waals surface area contributed by atoms with E-state index in [1.54, 1.807) is 0 Å². The second kappa shape index (κ2) is 6.42. The first kappa shape index (κ1) is 16.0. The second-order valence-corrected chi connectivity index (χ2v) is 6.68. The van der Waals surface area contributed by atoms with E-state index in [1.165, 1.54) is 18.6 Å². The van der Waals surface area contributed by atoms with Crippen LogP contribution in [0.15, 0.2) is 18.2 Å². The lowest BCUT2D eigenvalue weighted by Gasteiger charge is -2.26. The number of hydrogen-bond donors (Lipinski definition) is 0. The molecular formula is C17H20FN5O2. The van der Waals surface area contributed by atoms with Gasteiger partial charge in [0.2, 0.25) is 0 Å². The van der Waals surface area contributed by atoms with Crippen molar-refractivity contribution in [3.8, 4) is 0 Å². The van der Waals surface area contributed by atoms with E-state index in [4.69, 9.17) is 0 Å². The average molecular weight is 345 g/mol. The number of hydrogen-bond acceptors (Lipinski definition) is 5. The zero-order valence-electron chi connectivity index (χ0n) is 13.9. The molecule has 0 spiro atoms. The Labute approximate surface area is 144 Å². The van der Waals surface area contributed by atoms with Crippen LogP contribution in [0.25, 0.3) is 0 Å². The van der Waals surface area contributed by atoms with Crippen molar-refractivity contribution in [3.05, 3.63) is 45.8 Å². The standard InChI is InChI=1S/C17H20FN5O2/c18-12-7-8-13(15(11-12)23(24)25)21-10-4-5-14(21)17-20-19-16-6-2-1-3-9-22(16)17/h7-8,11,14H,1-6,9-10H2/t14-/m0/s1. The molecule has 8 heteroatoms. The van der Waals surface area contributed by atoms with Gasteiger partial charge >= 0.3 is 0 Å². The topological polar surface area (TPSA) is 77.1 Å². The number of benzene rings is 1. The molecule has 0 bridgehead atoms. The Balaban J connectivity index is 1.73. The predicted octanol–water partition coefficient (Wildman–Crippen LogP) is 3.39. The Morgan fingerprint density at radius 3 is 2.88 bits per heavy atom. The third-order valence-corrected chi connectivity index (χ3v) is 5.13. The van der Waals surface area contributed by atoms with E-state index in [2.05, 4.69) is 14.8 Å². The molecule has 0 saturated carbocycles. The highest BCUT2D eigenvalue weighted by atomic mass is 19.1. The van der Waals surface area contributed by atoms with E-state index in [1.807, 2.05) is 4.90 Å². The fourth-order valence-corrected chi connectivity index (χ4v) is 3.96. The summed E-state index contributed by atoms with van der Waals surface area (Å²) in [5, 5.41) is 20.2. The molecule has 1 saturated heterocycles. The monoisotopic (exact) mass is 345 g/mol. The van der Waals surface area contributed by atoms with Gasteiger partial charge < -0.3 is 9.47 Å². The van der Waals surface area contributed by atoms with Crippen LogP contribution in [0.1, 0.15) is 49.8 Å². The summed E-state index contributed by atoms with van der Waals surface area (Å²) < 4.78 is 15.7. The molecule has 1 aromatic heterocycles. The molecule has 132 valence electrons. The normalized spacial score (nSPS) is 20.4. The van der Waals surface area contributed by atoms with Crippen molar-refractivity contribution in [2.45, 2.75) is 51.1 Å². The SMILES string of the molecule is O=[N+]([O-])c1cc(F)ccc1N1CCC[C@H]1c1nnc2n1CCCCC2. The molecule has 2 aromatic rings. The van der Waals surface area contributed by atoms with Gasteiger partial charge in [-0.2, -0.15) is 0 Å². The molecule has 2 aliphatic heterocycles. The molecule has 25 heavy (non-hydrogen) atoms. The maximum Gasteiger partial charge on any atom is 0.295 e. The minimum atomic E-state index is -0.595. The molecule has 4 rings (SSSR count). The van der Waals surface area contributed by atoms with Gasteiger partial charge in [0.15, 0.2) is 5.82 Å². The van der Waals surface area contributed by atoms with Gasteiger partial charge in [0.1, 0.15) is 17.3 Å².